The number of piperidine rings is 1. The minimum atomic E-state index is -2.42. The molecule has 2 heterocycles. The molecule has 3 aromatic rings. The molecule has 8 amide bonds. The summed E-state index contributed by atoms with van der Waals surface area (Å²) in [6.07, 6.45) is -0.321. The molecule has 6 N–H and O–H groups in total. The first-order chi connectivity index (χ1) is 50.0. The van der Waals surface area contributed by atoms with E-state index in [9.17, 15) is 74.7 Å². The van der Waals surface area contributed by atoms with E-state index < -0.39 is 142 Å². The highest BCUT2D eigenvalue weighted by molar-refractivity contribution is 5.98. The van der Waals surface area contributed by atoms with Gasteiger partial charge in [0.25, 0.3) is 0 Å². The molecule has 588 valence electrons. The summed E-state index contributed by atoms with van der Waals surface area (Å²) in [5.74, 6) is -22.7. The summed E-state index contributed by atoms with van der Waals surface area (Å²) in [7, 11) is 8.51. The topological polar surface area (TPSA) is 303 Å². The van der Waals surface area contributed by atoms with Crippen LogP contribution in [-0.4, -0.2) is 182 Å². The number of methoxy groups -OCH3 is 2. The van der Waals surface area contributed by atoms with Crippen LogP contribution < -0.4 is 31.7 Å². The molecule has 0 spiro atoms. The fourth-order valence-electron chi connectivity index (χ4n) is 14.8. The number of esters is 1. The molecule has 23 nitrogen and oxygen atoms in total. The van der Waals surface area contributed by atoms with Gasteiger partial charge in [-0.05, 0) is 113 Å². The van der Waals surface area contributed by atoms with E-state index in [1.165, 1.54) is 19.1 Å². The Morgan fingerprint density at radius 1 is 0.651 bits per heavy atom. The van der Waals surface area contributed by atoms with Crippen LogP contribution in [0.2, 0.25) is 0 Å². The largest absolute Gasteiger partial charge is 0.420 e. The van der Waals surface area contributed by atoms with Gasteiger partial charge in [0, 0.05) is 115 Å². The minimum absolute atomic E-state index is 0.00421. The minimum Gasteiger partial charge on any atom is -0.420 e. The van der Waals surface area contributed by atoms with E-state index in [0.717, 1.165) is 5.56 Å². The van der Waals surface area contributed by atoms with Gasteiger partial charge in [0.15, 0.2) is 11.6 Å². The van der Waals surface area contributed by atoms with Gasteiger partial charge < -0.3 is 55.9 Å². The number of Topliss-reactive ketones (excluding diaryl/α,β-unsaturated/α-hetero) is 3. The molecule has 13 atom stereocenters. The first-order valence-electron chi connectivity index (χ1n) is 36.9. The molecule has 2 fully saturated rings. The zero-order valence-electron chi connectivity index (χ0n) is 64.1. The van der Waals surface area contributed by atoms with Gasteiger partial charge in [-0.3, -0.25) is 52.8 Å². The van der Waals surface area contributed by atoms with E-state index in [-0.39, 0.29) is 143 Å². The van der Waals surface area contributed by atoms with Crippen molar-refractivity contribution >= 4 is 70.5 Å². The summed E-state index contributed by atoms with van der Waals surface area (Å²) < 4.78 is 86.5. The van der Waals surface area contributed by atoms with Gasteiger partial charge in [-0.15, -0.1) is 0 Å². The third-order valence-corrected chi connectivity index (χ3v) is 20.9. The van der Waals surface area contributed by atoms with Crippen molar-refractivity contribution in [1.29, 1.82) is 0 Å². The number of carbonyl (C=O) groups excluding carboxylic acids is 11. The second kappa shape index (κ2) is 41.8. The maximum absolute atomic E-state index is 14.7. The number of hydrogen-bond acceptors (Lipinski definition) is 15. The van der Waals surface area contributed by atoms with Crippen molar-refractivity contribution in [3.8, 4) is 5.75 Å². The lowest BCUT2D eigenvalue weighted by molar-refractivity contribution is -0.149. The van der Waals surface area contributed by atoms with E-state index in [2.05, 4.69) is 26.0 Å². The molecule has 2 saturated heterocycles. The summed E-state index contributed by atoms with van der Waals surface area (Å²) >= 11 is 0. The molecule has 2 aliphatic heterocycles. The number of benzene rings is 3. The smallest absolute Gasteiger partial charge is 0.314 e. The van der Waals surface area contributed by atoms with Crippen molar-refractivity contribution < 1.29 is 88.9 Å². The van der Waals surface area contributed by atoms with Crippen LogP contribution in [0.4, 0.5) is 32.4 Å². The highest BCUT2D eigenvalue weighted by atomic mass is 19.2. The number of likely N-dealkylation sites (N-methyl/N-ethyl adjacent to an activating group) is 2. The average molecular weight is 1490 g/mol. The Morgan fingerprint density at radius 3 is 1.83 bits per heavy atom. The molecule has 0 unspecified atom stereocenters. The van der Waals surface area contributed by atoms with E-state index in [1.807, 2.05) is 90.9 Å². The van der Waals surface area contributed by atoms with E-state index >= 15 is 0 Å². The summed E-state index contributed by atoms with van der Waals surface area (Å²) in [4.78, 5) is 158. The van der Waals surface area contributed by atoms with Gasteiger partial charge in [0.1, 0.15) is 5.78 Å². The standard InChI is InChI=1S/C78H112F5N9O14/c1-16-46(8)71(90(13)76(101)55(43(2)3)40-59(95)70(45(6)7)89(11)12)60(104-14)41-63(98)92-34-21-25-56(92)72(105-15)48(10)57(93)39-53(37-49-22-18-17-19-23-49)74(99)86-42-50-26-28-54(29-27-50)87-75(100)51(24-20-33-85-78(84)103)38-58(94)69(44(4)5)88-61(96)30-31-62(97)91-35-32-52(36-47(91)9)77(102)106-73-67(82)65(80)64(79)66(81)68(73)83/h17-19,22-23,26-29,43-48,51-53,55-56,60,69-72H,16,20-21,24-25,30-42H2,1-15H3,(H,86,99)(H,87,100)(H,88,96)(H3,84,85,103)/t46-,47+,48-,51+,52+,53+,55-,56-,60+,69-,70-,71-,72+/m0/s1. The number of halogens is 5. The van der Waals surface area contributed by atoms with Gasteiger partial charge in [-0.25, -0.2) is 18.0 Å². The molecule has 0 bridgehead atoms. The van der Waals surface area contributed by atoms with Crippen LogP contribution in [-0.2, 0) is 70.4 Å². The highest BCUT2D eigenvalue weighted by Crippen LogP contribution is 2.35. The second-order valence-corrected chi connectivity index (χ2v) is 29.8. The summed E-state index contributed by atoms with van der Waals surface area (Å²) in [5, 5.41) is 11.0. The number of nitrogens with two attached hydrogens (primary N) is 1. The number of urea groups is 1. The third-order valence-electron chi connectivity index (χ3n) is 20.9. The Hall–Kier alpha value is -8.24. The van der Waals surface area contributed by atoms with Crippen molar-refractivity contribution in [3.63, 3.8) is 0 Å². The number of ether oxygens (including phenoxy) is 3. The summed E-state index contributed by atoms with van der Waals surface area (Å²) in [5.41, 5.74) is 7.10. The average Bonchev–Trinajstić information content (AvgIpc) is 0.894. The van der Waals surface area contributed by atoms with Crippen molar-refractivity contribution in [1.82, 2.24) is 35.6 Å². The number of carbonyl (C=O) groups is 11. The lowest BCUT2D eigenvalue weighted by atomic mass is 9.83. The van der Waals surface area contributed by atoms with E-state index in [1.54, 1.807) is 68.8 Å². The summed E-state index contributed by atoms with van der Waals surface area (Å²) in [6.45, 7) is 19.1. The zero-order chi connectivity index (χ0) is 79.1. The molecule has 5 rings (SSSR count). The van der Waals surface area contributed by atoms with Gasteiger partial charge in [-0.1, -0.05) is 111 Å². The fourth-order valence-corrected chi connectivity index (χ4v) is 14.8. The SMILES string of the molecule is CC[C@H](C)[C@@H]([C@@H](CC(=O)N1CCC[C@H]1[C@H](OC)[C@@H](C)C(=O)C[C@@H](Cc1ccccc1)C(=O)NCc1ccc(NC(=O)[C@H](CCCNC(N)=O)CC(=O)[C@@H](NC(=O)CCC(=O)N2CC[C@@H](C(=O)Oc3c(F)c(F)c(F)c(F)c3F)C[C@H]2C)C(C)C)cc1)OC)N(C)C(=O)[C@@H](CC(=O)[C@H](C(C)C)N(C)C)C(C)C. The monoisotopic (exact) mass is 1490 g/mol. The molecule has 3 aromatic carbocycles. The maximum Gasteiger partial charge on any atom is 0.314 e. The normalized spacial score (nSPS) is 18.2. The van der Waals surface area contributed by atoms with Crippen LogP contribution in [0.5, 0.6) is 5.75 Å². The molecule has 0 aliphatic carbocycles. The number of rotatable bonds is 41. The number of anilines is 1. The van der Waals surface area contributed by atoms with Crippen LogP contribution in [0, 0.1) is 82.3 Å². The number of likely N-dealkylation sites (tertiary alicyclic amines) is 2. The predicted molar refractivity (Wildman–Crippen MR) is 388 cm³/mol. The van der Waals surface area contributed by atoms with Gasteiger partial charge >= 0.3 is 12.0 Å². The lowest BCUT2D eigenvalue weighted by Crippen LogP contribution is -2.54. The number of primary amides is 1. The molecule has 28 heteroatoms. The first-order valence-corrected chi connectivity index (χ1v) is 36.9. The quantitative estimate of drug-likeness (QED) is 0.00882. The Morgan fingerprint density at radius 2 is 1.27 bits per heavy atom. The molecule has 2 aliphatic rings. The molecular formula is C78H112F5N9O14. The molecule has 0 aromatic heterocycles. The molecular weight excluding hydrogens is 1380 g/mol. The van der Waals surface area contributed by atoms with Crippen molar-refractivity contribution in [2.24, 2.45) is 59.0 Å². The number of amides is 8. The molecule has 0 saturated carbocycles. The second-order valence-electron chi connectivity index (χ2n) is 29.8. The van der Waals surface area contributed by atoms with Crippen molar-refractivity contribution in [2.75, 3.05) is 60.3 Å². The highest BCUT2D eigenvalue weighted by Gasteiger charge is 2.45. The molecule has 0 radical (unpaired) electrons. The van der Waals surface area contributed by atoms with Crippen LogP contribution in [0.15, 0.2) is 54.6 Å². The Labute approximate surface area is 620 Å². The van der Waals surface area contributed by atoms with Crippen LogP contribution >= 0.6 is 0 Å². The number of hydrogen-bond donors (Lipinski definition) is 5. The van der Waals surface area contributed by atoms with Crippen LogP contribution in [0.3, 0.4) is 0 Å². The Bertz CT molecular complexity index is 3480. The Balaban J connectivity index is 1.20. The zero-order valence-corrected chi connectivity index (χ0v) is 64.1. The van der Waals surface area contributed by atoms with Crippen LogP contribution in [0.1, 0.15) is 164 Å². The predicted octanol–water partition coefficient (Wildman–Crippen LogP) is 9.67. The van der Waals surface area contributed by atoms with Crippen molar-refractivity contribution in [3.05, 3.63) is 94.8 Å². The fraction of sp³-hybridized carbons (Fsp3) is 0.628. The lowest BCUT2D eigenvalue weighted by Gasteiger charge is -2.41. The number of nitrogens with zero attached hydrogens (tertiary/aromatic N) is 4. The maximum atomic E-state index is 14.7. The van der Waals surface area contributed by atoms with Gasteiger partial charge in [-0.2, -0.15) is 8.78 Å². The van der Waals surface area contributed by atoms with E-state index in [4.69, 9.17) is 15.2 Å². The van der Waals surface area contributed by atoms with Gasteiger partial charge in [0.2, 0.25) is 70.3 Å². The number of ketones is 3. The third kappa shape index (κ3) is 24.4. The van der Waals surface area contributed by atoms with E-state index in [0.29, 0.717) is 37.1 Å². The van der Waals surface area contributed by atoms with Crippen molar-refractivity contribution in [2.45, 2.75) is 208 Å². The first kappa shape index (κ1) is 88.4. The van der Waals surface area contributed by atoms with Crippen LogP contribution in [0.25, 0.3) is 0 Å². The Kier molecular flexibility index (Phi) is 34.8. The molecule has 106 heavy (non-hydrogen) atoms. The summed E-state index contributed by atoms with van der Waals surface area (Å²) in [6, 6.07) is 12.0. The number of nitrogens with one attached hydrogen (secondary N) is 4. The van der Waals surface area contributed by atoms with Gasteiger partial charge in [0.05, 0.1) is 48.7 Å².